The van der Waals surface area contributed by atoms with Gasteiger partial charge in [-0.15, -0.1) is 0 Å². The number of ether oxygens (including phenoxy) is 1. The van der Waals surface area contributed by atoms with Crippen LogP contribution in [0.15, 0.2) is 24.3 Å². The van der Waals surface area contributed by atoms with Crippen LogP contribution in [0.5, 0.6) is 5.75 Å². The van der Waals surface area contributed by atoms with Gasteiger partial charge in [0.25, 0.3) is 0 Å². The Hall–Kier alpha value is -1.26. The van der Waals surface area contributed by atoms with Crippen LogP contribution in [0.1, 0.15) is 12.8 Å². The molecule has 1 fully saturated rings. The number of benzene rings is 1. The zero-order valence-electron chi connectivity index (χ0n) is 11.1. The van der Waals surface area contributed by atoms with E-state index in [1.165, 1.54) is 0 Å². The van der Waals surface area contributed by atoms with Gasteiger partial charge in [0.15, 0.2) is 0 Å². The molecule has 1 heterocycles. The number of carbonyl (C=O) groups is 1. The summed E-state index contributed by atoms with van der Waals surface area (Å²) in [6.07, 6.45) is 1.39. The molecule has 104 valence electrons. The molecule has 0 aliphatic carbocycles. The van der Waals surface area contributed by atoms with Crippen molar-refractivity contribution in [2.45, 2.75) is 18.9 Å². The molecule has 1 aromatic rings. The molecule has 1 saturated heterocycles. The molecule has 1 atom stereocenters. The highest BCUT2D eigenvalue weighted by atomic mass is 35.5. The van der Waals surface area contributed by atoms with Crippen LogP contribution in [0.4, 0.5) is 0 Å². The van der Waals surface area contributed by atoms with Crippen molar-refractivity contribution in [3.8, 4) is 5.75 Å². The van der Waals surface area contributed by atoms with Crippen molar-refractivity contribution in [3.63, 3.8) is 0 Å². The summed E-state index contributed by atoms with van der Waals surface area (Å²) in [6, 6.07) is 7.60. The van der Waals surface area contributed by atoms with Crippen LogP contribution >= 0.6 is 11.6 Å². The number of nitrogens with one attached hydrogen (secondary N) is 1. The van der Waals surface area contributed by atoms with Crippen molar-refractivity contribution in [3.05, 3.63) is 29.3 Å². The molecule has 5 heteroatoms. The fourth-order valence-electron chi connectivity index (χ4n) is 2.16. The van der Waals surface area contributed by atoms with Gasteiger partial charge in [-0.2, -0.15) is 0 Å². The number of hydrogen-bond acceptors (Lipinski definition) is 3. The first kappa shape index (κ1) is 14.2. The van der Waals surface area contributed by atoms with Gasteiger partial charge in [-0.1, -0.05) is 23.7 Å². The topological polar surface area (TPSA) is 41.6 Å². The highest BCUT2D eigenvalue weighted by Gasteiger charge is 2.22. The number of halogens is 1. The molecule has 0 saturated carbocycles. The SMILES string of the molecule is CN(C(=O)CCOc1ccccc1Cl)[C@H]1CCNC1. The van der Waals surface area contributed by atoms with Crippen LogP contribution in [-0.4, -0.2) is 43.6 Å². The van der Waals surface area contributed by atoms with Gasteiger partial charge in [0.1, 0.15) is 5.75 Å². The highest BCUT2D eigenvalue weighted by molar-refractivity contribution is 6.32. The van der Waals surface area contributed by atoms with Gasteiger partial charge in [-0.25, -0.2) is 0 Å². The van der Waals surface area contributed by atoms with E-state index in [9.17, 15) is 4.79 Å². The maximum atomic E-state index is 12.0. The third-order valence-electron chi connectivity index (χ3n) is 3.39. The van der Waals surface area contributed by atoms with E-state index in [2.05, 4.69) is 5.32 Å². The summed E-state index contributed by atoms with van der Waals surface area (Å²) < 4.78 is 5.53. The summed E-state index contributed by atoms with van der Waals surface area (Å²) in [6.45, 7) is 2.22. The largest absolute Gasteiger partial charge is 0.491 e. The molecule has 1 amide bonds. The van der Waals surface area contributed by atoms with Crippen LogP contribution < -0.4 is 10.1 Å². The first-order valence-electron chi connectivity index (χ1n) is 6.52. The Morgan fingerprint density at radius 1 is 1.53 bits per heavy atom. The van der Waals surface area contributed by atoms with Crippen molar-refractivity contribution >= 4 is 17.5 Å². The summed E-state index contributed by atoms with van der Waals surface area (Å²) in [7, 11) is 1.86. The van der Waals surface area contributed by atoms with E-state index in [0.29, 0.717) is 29.8 Å². The molecule has 0 bridgehead atoms. The maximum Gasteiger partial charge on any atom is 0.226 e. The van der Waals surface area contributed by atoms with E-state index in [0.717, 1.165) is 19.5 Å². The van der Waals surface area contributed by atoms with Crippen LogP contribution in [0.3, 0.4) is 0 Å². The molecule has 0 unspecified atom stereocenters. The fourth-order valence-corrected chi connectivity index (χ4v) is 2.35. The zero-order valence-corrected chi connectivity index (χ0v) is 11.8. The Labute approximate surface area is 118 Å². The minimum absolute atomic E-state index is 0.112. The van der Waals surface area contributed by atoms with Crippen molar-refractivity contribution < 1.29 is 9.53 Å². The van der Waals surface area contributed by atoms with Crippen LogP contribution in [-0.2, 0) is 4.79 Å². The lowest BCUT2D eigenvalue weighted by Crippen LogP contribution is -2.38. The van der Waals surface area contributed by atoms with Gasteiger partial charge in [0.05, 0.1) is 18.1 Å². The quantitative estimate of drug-likeness (QED) is 0.897. The molecule has 1 N–H and O–H groups in total. The van der Waals surface area contributed by atoms with Crippen molar-refractivity contribution in [1.82, 2.24) is 10.2 Å². The third-order valence-corrected chi connectivity index (χ3v) is 3.70. The second-order valence-corrected chi connectivity index (χ2v) is 5.09. The van der Waals surface area contributed by atoms with Crippen molar-refractivity contribution in [2.24, 2.45) is 0 Å². The molecule has 1 aliphatic heterocycles. The minimum Gasteiger partial charge on any atom is -0.491 e. The van der Waals surface area contributed by atoms with Crippen molar-refractivity contribution in [2.75, 3.05) is 26.7 Å². The molecular weight excluding hydrogens is 264 g/mol. The Morgan fingerprint density at radius 3 is 3.00 bits per heavy atom. The predicted molar refractivity (Wildman–Crippen MR) is 75.6 cm³/mol. The first-order chi connectivity index (χ1) is 9.18. The van der Waals surface area contributed by atoms with E-state index in [-0.39, 0.29) is 5.91 Å². The average molecular weight is 283 g/mol. The summed E-state index contributed by atoms with van der Waals surface area (Å²) in [5, 5.41) is 3.83. The summed E-state index contributed by atoms with van der Waals surface area (Å²) in [5.74, 6) is 0.739. The Balaban J connectivity index is 1.76. The lowest BCUT2D eigenvalue weighted by Gasteiger charge is -2.23. The monoisotopic (exact) mass is 282 g/mol. The second kappa shape index (κ2) is 6.78. The van der Waals surface area contributed by atoms with Gasteiger partial charge in [0.2, 0.25) is 5.91 Å². The number of amides is 1. The van der Waals surface area contributed by atoms with E-state index >= 15 is 0 Å². The van der Waals surface area contributed by atoms with Gasteiger partial charge >= 0.3 is 0 Å². The normalized spacial score (nSPS) is 18.3. The van der Waals surface area contributed by atoms with Gasteiger partial charge in [-0.05, 0) is 25.1 Å². The third kappa shape index (κ3) is 3.85. The van der Waals surface area contributed by atoms with Crippen LogP contribution in [0.25, 0.3) is 0 Å². The number of para-hydroxylation sites is 1. The van der Waals surface area contributed by atoms with Crippen LogP contribution in [0.2, 0.25) is 5.02 Å². The molecule has 4 nitrogen and oxygen atoms in total. The first-order valence-corrected chi connectivity index (χ1v) is 6.90. The van der Waals surface area contributed by atoms with E-state index in [1.54, 1.807) is 12.1 Å². The molecule has 19 heavy (non-hydrogen) atoms. The lowest BCUT2D eigenvalue weighted by molar-refractivity contribution is -0.132. The van der Waals surface area contributed by atoms with E-state index in [4.69, 9.17) is 16.3 Å². The van der Waals surface area contributed by atoms with E-state index < -0.39 is 0 Å². The van der Waals surface area contributed by atoms with Gasteiger partial charge in [0, 0.05) is 19.6 Å². The van der Waals surface area contributed by atoms with Crippen LogP contribution in [0, 0.1) is 0 Å². The fraction of sp³-hybridized carbons (Fsp3) is 0.500. The number of nitrogens with zero attached hydrogens (tertiary/aromatic N) is 1. The average Bonchev–Trinajstić information content (AvgIpc) is 2.94. The van der Waals surface area contributed by atoms with E-state index in [1.807, 2.05) is 24.1 Å². The molecule has 0 radical (unpaired) electrons. The summed E-state index contributed by atoms with van der Waals surface area (Å²) >= 11 is 5.98. The minimum atomic E-state index is 0.112. The van der Waals surface area contributed by atoms with Gasteiger partial charge < -0.3 is 15.0 Å². The van der Waals surface area contributed by atoms with Gasteiger partial charge in [-0.3, -0.25) is 4.79 Å². The lowest BCUT2D eigenvalue weighted by atomic mass is 10.2. The highest BCUT2D eigenvalue weighted by Crippen LogP contribution is 2.23. The van der Waals surface area contributed by atoms with Crippen molar-refractivity contribution in [1.29, 1.82) is 0 Å². The molecule has 2 rings (SSSR count). The Kier molecular flexibility index (Phi) is 5.05. The maximum absolute atomic E-state index is 12.0. The Morgan fingerprint density at radius 2 is 2.32 bits per heavy atom. The molecule has 0 spiro atoms. The predicted octanol–water partition coefficient (Wildman–Crippen LogP) is 1.93. The Bertz CT molecular complexity index is 433. The smallest absolute Gasteiger partial charge is 0.226 e. The number of hydrogen-bond donors (Lipinski definition) is 1. The summed E-state index contributed by atoms with van der Waals surface area (Å²) in [4.78, 5) is 13.8. The number of carbonyl (C=O) groups excluding carboxylic acids is 1. The number of likely N-dealkylation sites (N-methyl/N-ethyl adjacent to an activating group) is 1. The standard InChI is InChI=1S/C14H19ClN2O2/c1-17(11-6-8-16-10-11)14(18)7-9-19-13-5-3-2-4-12(13)15/h2-5,11,16H,6-10H2,1H3/t11-/m0/s1. The molecule has 1 aromatic carbocycles. The molecule has 0 aromatic heterocycles. The molecule has 1 aliphatic rings. The zero-order chi connectivity index (χ0) is 13.7. The summed E-state index contributed by atoms with van der Waals surface area (Å²) in [5.41, 5.74) is 0. The molecular formula is C14H19ClN2O2. The second-order valence-electron chi connectivity index (χ2n) is 4.68. The number of rotatable bonds is 5.